The Morgan fingerprint density at radius 2 is 1.41 bits per heavy atom. The zero-order chi connectivity index (χ0) is 22.6. The summed E-state index contributed by atoms with van der Waals surface area (Å²) in [5.41, 5.74) is 4.54. The molecular weight excluding hydrogens is 397 g/mol. The number of rotatable bonds is 5. The lowest BCUT2D eigenvalue weighted by molar-refractivity contribution is 0.0544. The Bertz CT molecular complexity index is 1190. The van der Waals surface area contributed by atoms with Gasteiger partial charge in [0.2, 0.25) is 0 Å². The SMILES string of the molecule is CC(C)(C)OC(=O)n1cc(CC[15N]=C(c2ccccc2)c2ccccc2)c2ccccc21. The summed E-state index contributed by atoms with van der Waals surface area (Å²) < 4.78 is 7.21. The molecule has 0 saturated carbocycles. The Labute approximate surface area is 189 Å². The first-order valence-corrected chi connectivity index (χ1v) is 10.9. The fraction of sp³-hybridized carbons (Fsp3) is 0.214. The quantitative estimate of drug-likeness (QED) is 0.270. The Balaban J connectivity index is 1.63. The molecule has 4 heteroatoms. The smallest absolute Gasteiger partial charge is 0.419 e. The number of fused-ring (bicyclic) bond motifs is 1. The van der Waals surface area contributed by atoms with Crippen molar-refractivity contribution in [1.82, 2.24) is 4.57 Å². The van der Waals surface area contributed by atoms with E-state index < -0.39 is 5.60 Å². The van der Waals surface area contributed by atoms with Gasteiger partial charge >= 0.3 is 6.09 Å². The lowest BCUT2D eigenvalue weighted by Crippen LogP contribution is -2.26. The minimum absolute atomic E-state index is 0.363. The van der Waals surface area contributed by atoms with Crippen LogP contribution >= 0.6 is 0 Å². The molecule has 4 nitrogen and oxygen atoms in total. The number of ether oxygens (including phenoxy) is 1. The van der Waals surface area contributed by atoms with Crippen LogP contribution in [0.4, 0.5) is 4.79 Å². The van der Waals surface area contributed by atoms with Gasteiger partial charge < -0.3 is 4.74 Å². The van der Waals surface area contributed by atoms with Crippen molar-refractivity contribution in [2.45, 2.75) is 32.8 Å². The van der Waals surface area contributed by atoms with Crippen LogP contribution in [0, 0.1) is 0 Å². The summed E-state index contributed by atoms with van der Waals surface area (Å²) in [5.74, 6) is 0. The number of hydrogen-bond acceptors (Lipinski definition) is 3. The summed E-state index contributed by atoms with van der Waals surface area (Å²) in [6, 6.07) is 28.4. The fourth-order valence-electron chi connectivity index (χ4n) is 3.74. The van der Waals surface area contributed by atoms with Crippen molar-refractivity contribution in [3.63, 3.8) is 0 Å². The van der Waals surface area contributed by atoms with Gasteiger partial charge in [0, 0.05) is 29.3 Å². The Morgan fingerprint density at radius 1 is 0.844 bits per heavy atom. The molecule has 0 amide bonds. The van der Waals surface area contributed by atoms with Crippen molar-refractivity contribution in [3.8, 4) is 0 Å². The summed E-state index contributed by atoms with van der Waals surface area (Å²) >= 11 is 0. The Hall–Kier alpha value is -3.66. The lowest BCUT2D eigenvalue weighted by Gasteiger charge is -2.19. The Morgan fingerprint density at radius 3 is 2.00 bits per heavy atom. The van der Waals surface area contributed by atoms with Crippen molar-refractivity contribution in [3.05, 3.63) is 108 Å². The summed E-state index contributed by atoms with van der Waals surface area (Å²) in [6.45, 7) is 6.24. The van der Waals surface area contributed by atoms with E-state index in [1.54, 1.807) is 4.57 Å². The number of para-hydroxylation sites is 1. The highest BCUT2D eigenvalue weighted by molar-refractivity contribution is 6.12. The summed E-state index contributed by atoms with van der Waals surface area (Å²) in [7, 11) is 0. The first-order chi connectivity index (χ1) is 15.4. The molecule has 0 radical (unpaired) electrons. The third-order valence-corrected chi connectivity index (χ3v) is 5.13. The van der Waals surface area contributed by atoms with Gasteiger partial charge in [-0.3, -0.25) is 9.56 Å². The van der Waals surface area contributed by atoms with Crippen LogP contribution in [0.1, 0.15) is 37.5 Å². The maximum absolute atomic E-state index is 12.8. The summed E-state index contributed by atoms with van der Waals surface area (Å²) in [5, 5.41) is 1.05. The topological polar surface area (TPSA) is 43.6 Å². The second-order valence-corrected chi connectivity index (χ2v) is 8.73. The van der Waals surface area contributed by atoms with Crippen LogP contribution in [0.5, 0.6) is 0 Å². The summed E-state index contributed by atoms with van der Waals surface area (Å²) in [4.78, 5) is 17.7. The van der Waals surface area contributed by atoms with E-state index in [9.17, 15) is 4.79 Å². The molecule has 0 bridgehead atoms. The standard InChI is InChI=1S/C28H28N2O2/c1-28(2,3)32-27(31)30-20-23(24-16-10-11-17-25(24)30)18-19-29-26(21-12-6-4-7-13-21)22-14-8-5-9-15-22/h4-17,20H,18-19H2,1-3H3/i29+1. The number of nitrogens with zero attached hydrogens (tertiary/aromatic N) is 2. The van der Waals surface area contributed by atoms with Crippen LogP contribution in [0.2, 0.25) is 0 Å². The third kappa shape index (κ3) is 4.97. The van der Waals surface area contributed by atoms with E-state index >= 15 is 0 Å². The highest BCUT2D eigenvalue weighted by Crippen LogP contribution is 2.23. The van der Waals surface area contributed by atoms with E-state index in [0.717, 1.165) is 39.7 Å². The van der Waals surface area contributed by atoms with Gasteiger partial charge in [0.25, 0.3) is 0 Å². The van der Waals surface area contributed by atoms with Crippen LogP contribution < -0.4 is 0 Å². The zero-order valence-electron chi connectivity index (χ0n) is 18.8. The monoisotopic (exact) mass is 425 g/mol. The molecule has 0 aliphatic heterocycles. The van der Waals surface area contributed by atoms with Gasteiger partial charge in [-0.2, -0.15) is 0 Å². The maximum Gasteiger partial charge on any atom is 0.419 e. The van der Waals surface area contributed by atoms with Crippen molar-refractivity contribution in [2.24, 2.45) is 4.99 Å². The van der Waals surface area contributed by atoms with E-state index in [2.05, 4.69) is 24.3 Å². The molecule has 162 valence electrons. The molecule has 32 heavy (non-hydrogen) atoms. The van der Waals surface area contributed by atoms with Crippen LogP contribution in [0.3, 0.4) is 0 Å². The van der Waals surface area contributed by atoms with Gasteiger partial charge in [-0.25, -0.2) is 4.79 Å². The molecular formula is C28H28N2O2. The zero-order valence-corrected chi connectivity index (χ0v) is 18.8. The molecule has 3 aromatic carbocycles. The number of aliphatic imine (C=N–C) groups is 1. The first kappa shape index (κ1) is 21.6. The van der Waals surface area contributed by atoms with Crippen molar-refractivity contribution < 1.29 is 9.53 Å². The van der Waals surface area contributed by atoms with Gasteiger partial charge in [-0.1, -0.05) is 78.9 Å². The van der Waals surface area contributed by atoms with E-state index in [1.165, 1.54) is 0 Å². The fourth-order valence-corrected chi connectivity index (χ4v) is 3.74. The highest BCUT2D eigenvalue weighted by atomic mass is 16.6. The number of hydrogen-bond donors (Lipinski definition) is 0. The van der Waals surface area contributed by atoms with Gasteiger partial charge in [0.1, 0.15) is 5.60 Å². The number of benzene rings is 3. The molecule has 1 aromatic heterocycles. The molecule has 0 fully saturated rings. The molecule has 0 atom stereocenters. The largest absolute Gasteiger partial charge is 0.443 e. The van der Waals surface area contributed by atoms with Gasteiger partial charge in [-0.05, 0) is 38.8 Å². The number of carbonyl (C=O) groups excluding carboxylic acids is 1. The molecule has 1 heterocycles. The molecule has 0 spiro atoms. The second kappa shape index (κ2) is 9.23. The average Bonchev–Trinajstić information content (AvgIpc) is 3.16. The van der Waals surface area contributed by atoms with E-state index in [0.29, 0.717) is 6.54 Å². The van der Waals surface area contributed by atoms with Gasteiger partial charge in [-0.15, -0.1) is 0 Å². The number of aromatic nitrogens is 1. The number of carbonyl (C=O) groups is 1. The minimum atomic E-state index is -0.548. The molecule has 4 rings (SSSR count). The second-order valence-electron chi connectivity index (χ2n) is 8.73. The predicted molar refractivity (Wildman–Crippen MR) is 131 cm³/mol. The van der Waals surface area contributed by atoms with Crippen molar-refractivity contribution in [2.75, 3.05) is 6.54 Å². The van der Waals surface area contributed by atoms with Gasteiger partial charge in [0.15, 0.2) is 0 Å². The van der Waals surface area contributed by atoms with Crippen LogP contribution in [-0.2, 0) is 11.2 Å². The molecule has 0 aliphatic rings. The van der Waals surface area contributed by atoms with Crippen LogP contribution in [-0.4, -0.2) is 28.5 Å². The van der Waals surface area contributed by atoms with Crippen LogP contribution in [0.25, 0.3) is 10.9 Å². The van der Waals surface area contributed by atoms with Crippen molar-refractivity contribution >= 4 is 22.7 Å². The normalized spacial score (nSPS) is 11.3. The molecule has 0 aliphatic carbocycles. The van der Waals surface area contributed by atoms with E-state index in [1.807, 2.05) is 87.6 Å². The van der Waals surface area contributed by atoms with E-state index in [4.69, 9.17) is 9.73 Å². The predicted octanol–water partition coefficient (Wildman–Crippen LogP) is 6.50. The molecule has 0 N–H and O–H groups in total. The highest BCUT2D eigenvalue weighted by Gasteiger charge is 2.20. The molecule has 0 saturated heterocycles. The van der Waals surface area contributed by atoms with E-state index in [-0.39, 0.29) is 6.09 Å². The maximum atomic E-state index is 12.8. The molecule has 4 aromatic rings. The average molecular weight is 426 g/mol. The molecule has 0 unspecified atom stereocenters. The Kier molecular flexibility index (Phi) is 6.22. The third-order valence-electron chi connectivity index (χ3n) is 5.13. The first-order valence-electron chi connectivity index (χ1n) is 10.9. The summed E-state index contributed by atoms with van der Waals surface area (Å²) in [6.07, 6.45) is 2.25. The van der Waals surface area contributed by atoms with Crippen LogP contribution in [0.15, 0.2) is 96.1 Å². The lowest BCUT2D eigenvalue weighted by atomic mass is 10.0. The minimum Gasteiger partial charge on any atom is -0.443 e. The van der Waals surface area contributed by atoms with Gasteiger partial charge in [0.05, 0.1) is 11.2 Å². The van der Waals surface area contributed by atoms with Crippen molar-refractivity contribution in [1.29, 1.82) is 0 Å².